The van der Waals surface area contributed by atoms with Crippen LogP contribution in [0, 0.1) is 0 Å². The number of fused-ring (bicyclic) bond motifs is 1. The van der Waals surface area contributed by atoms with Gasteiger partial charge in [-0.2, -0.15) is 0 Å². The molecule has 2 aromatic rings. The maximum atomic E-state index is 12.5. The summed E-state index contributed by atoms with van der Waals surface area (Å²) < 4.78 is 0. The maximum absolute atomic E-state index is 12.5. The summed E-state index contributed by atoms with van der Waals surface area (Å²) in [7, 11) is 4.23. The van der Waals surface area contributed by atoms with Crippen LogP contribution in [0.25, 0.3) is 10.9 Å². The van der Waals surface area contributed by atoms with E-state index < -0.39 is 6.04 Å². The monoisotopic (exact) mass is 378 g/mol. The summed E-state index contributed by atoms with van der Waals surface area (Å²) in [5.74, 6) is -0.0583. The molecule has 6 heteroatoms. The molecule has 0 radical (unpaired) electrons. The van der Waals surface area contributed by atoms with Gasteiger partial charge in [0, 0.05) is 29.2 Å². The molecule has 0 saturated heterocycles. The number of hydrogen-bond acceptors (Lipinski definition) is 3. The van der Waals surface area contributed by atoms with E-state index in [1.807, 2.05) is 24.4 Å². The molecule has 3 rings (SSSR count). The van der Waals surface area contributed by atoms with E-state index in [4.69, 9.17) is 5.73 Å². The Morgan fingerprint density at radius 2 is 1.96 bits per heavy atom. The fourth-order valence-corrected chi connectivity index (χ4v) is 4.00. The minimum Gasteiger partial charge on any atom is -0.361 e. The van der Waals surface area contributed by atoms with Crippen LogP contribution in [0.3, 0.4) is 0 Å². The van der Waals surface area contributed by atoms with Crippen LogP contribution in [-0.4, -0.2) is 48.0 Å². The standard InChI is InChI=1S/C20H30N4O.ClH/c1-24(2)20(10-6-3-7-11-20)14-23-19(25)17(21)12-15-13-22-18-9-5-4-8-16(15)18;/h4-5,8-9,13,17,22H,3,6-7,10-12,14,21H2,1-2H3,(H,23,25);1H/t17-;/m0./s1. The molecule has 4 N–H and O–H groups in total. The Balaban J connectivity index is 0.00000243. The number of hydrogen-bond donors (Lipinski definition) is 3. The topological polar surface area (TPSA) is 74.2 Å². The minimum absolute atomic E-state index is 0. The van der Waals surface area contributed by atoms with E-state index in [2.05, 4.69) is 35.4 Å². The Morgan fingerprint density at radius 3 is 2.65 bits per heavy atom. The predicted molar refractivity (Wildman–Crippen MR) is 110 cm³/mol. The van der Waals surface area contributed by atoms with Crippen molar-refractivity contribution in [3.8, 4) is 0 Å². The molecule has 144 valence electrons. The number of benzene rings is 1. The quantitative estimate of drug-likeness (QED) is 0.723. The van der Waals surface area contributed by atoms with Crippen molar-refractivity contribution in [1.82, 2.24) is 15.2 Å². The van der Waals surface area contributed by atoms with Gasteiger partial charge < -0.3 is 20.9 Å². The predicted octanol–water partition coefficient (Wildman–Crippen LogP) is 2.84. The minimum atomic E-state index is -0.526. The number of aromatic nitrogens is 1. The average molecular weight is 379 g/mol. The number of nitrogens with zero attached hydrogens (tertiary/aromatic N) is 1. The number of para-hydroxylation sites is 1. The van der Waals surface area contributed by atoms with Crippen LogP contribution in [0.4, 0.5) is 0 Å². The maximum Gasteiger partial charge on any atom is 0.237 e. The summed E-state index contributed by atoms with van der Waals surface area (Å²) >= 11 is 0. The van der Waals surface area contributed by atoms with Crippen molar-refractivity contribution in [2.24, 2.45) is 5.73 Å². The number of nitrogens with two attached hydrogens (primary N) is 1. The number of nitrogens with one attached hydrogen (secondary N) is 2. The van der Waals surface area contributed by atoms with E-state index in [0.717, 1.165) is 29.3 Å². The lowest BCUT2D eigenvalue weighted by Crippen LogP contribution is -2.56. The van der Waals surface area contributed by atoms with Gasteiger partial charge in [-0.15, -0.1) is 12.4 Å². The number of likely N-dealkylation sites (N-methyl/N-ethyl adjacent to an activating group) is 1. The van der Waals surface area contributed by atoms with E-state index in [9.17, 15) is 4.79 Å². The van der Waals surface area contributed by atoms with Crippen LogP contribution in [0.1, 0.15) is 37.7 Å². The van der Waals surface area contributed by atoms with Crippen LogP contribution in [0.2, 0.25) is 0 Å². The number of halogens is 1. The molecule has 26 heavy (non-hydrogen) atoms. The first kappa shape index (κ1) is 20.7. The molecule has 1 atom stereocenters. The molecule has 1 aliphatic rings. The van der Waals surface area contributed by atoms with E-state index in [1.165, 1.54) is 19.3 Å². The third kappa shape index (κ3) is 4.40. The molecule has 1 aromatic heterocycles. The second kappa shape index (κ2) is 8.89. The molecule has 1 aromatic carbocycles. The molecule has 1 fully saturated rings. The third-order valence-electron chi connectivity index (χ3n) is 5.78. The van der Waals surface area contributed by atoms with Crippen LogP contribution >= 0.6 is 12.4 Å². The summed E-state index contributed by atoms with van der Waals surface area (Å²) in [5, 5.41) is 4.26. The summed E-state index contributed by atoms with van der Waals surface area (Å²) in [6.45, 7) is 0.681. The van der Waals surface area contributed by atoms with Gasteiger partial charge in [-0.3, -0.25) is 4.79 Å². The van der Waals surface area contributed by atoms with Crippen LogP contribution in [0.15, 0.2) is 30.5 Å². The van der Waals surface area contributed by atoms with Crippen LogP contribution in [-0.2, 0) is 11.2 Å². The van der Waals surface area contributed by atoms with Crippen molar-refractivity contribution in [3.05, 3.63) is 36.0 Å². The van der Waals surface area contributed by atoms with E-state index >= 15 is 0 Å². The lowest BCUT2D eigenvalue weighted by molar-refractivity contribution is -0.123. The number of aromatic amines is 1. The molecule has 0 bridgehead atoms. The first-order chi connectivity index (χ1) is 12.0. The smallest absolute Gasteiger partial charge is 0.237 e. The molecule has 0 aliphatic heterocycles. The molecular weight excluding hydrogens is 348 g/mol. The normalized spacial score (nSPS) is 17.7. The summed E-state index contributed by atoms with van der Waals surface area (Å²) in [5.41, 5.74) is 8.45. The zero-order chi connectivity index (χ0) is 17.9. The van der Waals surface area contributed by atoms with Crippen molar-refractivity contribution in [3.63, 3.8) is 0 Å². The number of carbonyl (C=O) groups excluding carboxylic acids is 1. The molecule has 0 unspecified atom stereocenters. The van der Waals surface area contributed by atoms with Gasteiger partial charge in [0.15, 0.2) is 0 Å². The molecular formula is C20H31ClN4O. The van der Waals surface area contributed by atoms with E-state index in [0.29, 0.717) is 13.0 Å². The zero-order valence-electron chi connectivity index (χ0n) is 15.8. The highest BCUT2D eigenvalue weighted by molar-refractivity contribution is 5.86. The van der Waals surface area contributed by atoms with Crippen molar-refractivity contribution in [2.45, 2.75) is 50.1 Å². The Morgan fingerprint density at radius 1 is 1.27 bits per heavy atom. The van der Waals surface area contributed by atoms with Crippen molar-refractivity contribution in [1.29, 1.82) is 0 Å². The van der Waals surface area contributed by atoms with Gasteiger partial charge in [0.1, 0.15) is 0 Å². The first-order valence-corrected chi connectivity index (χ1v) is 9.27. The third-order valence-corrected chi connectivity index (χ3v) is 5.78. The molecule has 0 spiro atoms. The van der Waals surface area contributed by atoms with E-state index in [1.54, 1.807) is 0 Å². The van der Waals surface area contributed by atoms with Crippen LogP contribution in [0.5, 0.6) is 0 Å². The second-order valence-corrected chi connectivity index (χ2v) is 7.57. The van der Waals surface area contributed by atoms with Gasteiger partial charge in [-0.1, -0.05) is 37.5 Å². The summed E-state index contributed by atoms with van der Waals surface area (Å²) in [6.07, 6.45) is 8.54. The first-order valence-electron chi connectivity index (χ1n) is 9.27. The van der Waals surface area contributed by atoms with Crippen LogP contribution < -0.4 is 11.1 Å². The van der Waals surface area contributed by atoms with Crippen molar-refractivity contribution < 1.29 is 4.79 Å². The Hall–Kier alpha value is -1.56. The number of H-pyrrole nitrogens is 1. The second-order valence-electron chi connectivity index (χ2n) is 7.57. The van der Waals surface area contributed by atoms with Gasteiger partial charge in [0.25, 0.3) is 0 Å². The van der Waals surface area contributed by atoms with Crippen molar-refractivity contribution >= 4 is 29.2 Å². The highest BCUT2D eigenvalue weighted by Gasteiger charge is 2.34. The Labute approximate surface area is 162 Å². The highest BCUT2D eigenvalue weighted by atomic mass is 35.5. The number of rotatable bonds is 6. The molecule has 1 aliphatic carbocycles. The highest BCUT2D eigenvalue weighted by Crippen LogP contribution is 2.31. The number of amides is 1. The fraction of sp³-hybridized carbons (Fsp3) is 0.550. The molecule has 5 nitrogen and oxygen atoms in total. The van der Waals surface area contributed by atoms with Gasteiger partial charge in [0.2, 0.25) is 5.91 Å². The zero-order valence-corrected chi connectivity index (χ0v) is 16.6. The van der Waals surface area contributed by atoms with Crippen molar-refractivity contribution in [2.75, 3.05) is 20.6 Å². The summed E-state index contributed by atoms with van der Waals surface area (Å²) in [4.78, 5) is 18.1. The Bertz CT molecular complexity index is 721. The van der Waals surface area contributed by atoms with Gasteiger partial charge in [-0.25, -0.2) is 0 Å². The average Bonchev–Trinajstić information content (AvgIpc) is 3.03. The SMILES string of the molecule is CN(C)C1(CNC(=O)[C@@H](N)Cc2c[nH]c3ccccc23)CCCCC1.Cl. The lowest BCUT2D eigenvalue weighted by Gasteiger charge is -2.43. The number of carbonyl (C=O) groups is 1. The largest absolute Gasteiger partial charge is 0.361 e. The molecule has 1 saturated carbocycles. The fourth-order valence-electron chi connectivity index (χ4n) is 4.00. The molecule has 1 amide bonds. The van der Waals surface area contributed by atoms with Gasteiger partial charge >= 0.3 is 0 Å². The Kier molecular flexibility index (Phi) is 7.09. The van der Waals surface area contributed by atoms with E-state index in [-0.39, 0.29) is 23.9 Å². The summed E-state index contributed by atoms with van der Waals surface area (Å²) in [6, 6.07) is 7.58. The molecule has 1 heterocycles. The van der Waals surface area contributed by atoms with Gasteiger partial charge in [-0.05, 0) is 45.0 Å². The van der Waals surface area contributed by atoms with Gasteiger partial charge in [0.05, 0.1) is 6.04 Å². The lowest BCUT2D eigenvalue weighted by atomic mass is 9.80.